The summed E-state index contributed by atoms with van der Waals surface area (Å²) < 4.78 is 0. The number of rotatable bonds is 5. The molecule has 0 radical (unpaired) electrons. The molecule has 0 bridgehead atoms. The Labute approximate surface area is 95.6 Å². The second-order valence-electron chi connectivity index (χ2n) is 4.36. The van der Waals surface area contributed by atoms with Crippen LogP contribution in [0.2, 0.25) is 0 Å². The lowest BCUT2D eigenvalue weighted by molar-refractivity contribution is -0.141. The Morgan fingerprint density at radius 3 is 2.88 bits per heavy atom. The molecule has 2 atom stereocenters. The molecule has 1 aliphatic rings. The molecule has 0 aliphatic carbocycles. The van der Waals surface area contributed by atoms with Crippen molar-refractivity contribution < 1.29 is 14.7 Å². The van der Waals surface area contributed by atoms with E-state index >= 15 is 0 Å². The Morgan fingerprint density at radius 1 is 1.56 bits per heavy atom. The van der Waals surface area contributed by atoms with Crippen LogP contribution >= 0.6 is 0 Å². The average molecular weight is 228 g/mol. The third kappa shape index (κ3) is 4.18. The smallest absolute Gasteiger partial charge is 0.306 e. The second-order valence-corrected chi connectivity index (χ2v) is 4.36. The van der Waals surface area contributed by atoms with E-state index in [1.807, 2.05) is 0 Å². The minimum Gasteiger partial charge on any atom is -0.481 e. The van der Waals surface area contributed by atoms with Gasteiger partial charge in [-0.2, -0.15) is 0 Å². The topological polar surface area (TPSA) is 78.4 Å². The standard InChI is InChI=1S/C11H20N2O3/c1-8(11(15)16)4-6-13-10(14)9-3-2-5-12-7-9/h8-9,12H,2-7H2,1H3,(H,13,14)(H,15,16)/t8?,9-/m1/s1. The van der Waals surface area contributed by atoms with Crippen molar-refractivity contribution >= 4 is 11.9 Å². The highest BCUT2D eigenvalue weighted by Crippen LogP contribution is 2.09. The van der Waals surface area contributed by atoms with E-state index in [0.717, 1.165) is 25.9 Å². The minimum atomic E-state index is -0.811. The van der Waals surface area contributed by atoms with Gasteiger partial charge in [-0.1, -0.05) is 6.92 Å². The third-order valence-electron chi connectivity index (χ3n) is 2.97. The van der Waals surface area contributed by atoms with E-state index in [4.69, 9.17) is 5.11 Å². The molecule has 0 aromatic carbocycles. The largest absolute Gasteiger partial charge is 0.481 e. The van der Waals surface area contributed by atoms with Gasteiger partial charge in [-0.3, -0.25) is 9.59 Å². The van der Waals surface area contributed by atoms with Crippen molar-refractivity contribution in [3.05, 3.63) is 0 Å². The Morgan fingerprint density at radius 2 is 2.31 bits per heavy atom. The van der Waals surface area contributed by atoms with Gasteiger partial charge in [0.15, 0.2) is 0 Å². The van der Waals surface area contributed by atoms with Gasteiger partial charge in [-0.25, -0.2) is 0 Å². The Hall–Kier alpha value is -1.10. The number of piperidine rings is 1. The first-order valence-corrected chi connectivity index (χ1v) is 5.82. The lowest BCUT2D eigenvalue weighted by Gasteiger charge is -2.22. The van der Waals surface area contributed by atoms with Gasteiger partial charge >= 0.3 is 5.97 Å². The maximum atomic E-state index is 11.7. The summed E-state index contributed by atoms with van der Waals surface area (Å²) in [5.41, 5.74) is 0. The average Bonchev–Trinajstić information content (AvgIpc) is 2.29. The maximum Gasteiger partial charge on any atom is 0.306 e. The number of carboxylic acid groups (broad SMARTS) is 1. The zero-order chi connectivity index (χ0) is 12.0. The van der Waals surface area contributed by atoms with Crippen LogP contribution in [-0.2, 0) is 9.59 Å². The maximum absolute atomic E-state index is 11.7. The molecule has 3 N–H and O–H groups in total. The summed E-state index contributed by atoms with van der Waals surface area (Å²) in [6, 6.07) is 0. The molecule has 16 heavy (non-hydrogen) atoms. The van der Waals surface area contributed by atoms with E-state index in [2.05, 4.69) is 10.6 Å². The first-order valence-electron chi connectivity index (χ1n) is 5.82. The van der Waals surface area contributed by atoms with Crippen molar-refractivity contribution in [3.63, 3.8) is 0 Å². The zero-order valence-corrected chi connectivity index (χ0v) is 9.66. The summed E-state index contributed by atoms with van der Waals surface area (Å²) in [7, 11) is 0. The lowest BCUT2D eigenvalue weighted by Crippen LogP contribution is -2.41. The minimum absolute atomic E-state index is 0.0461. The Balaban J connectivity index is 2.16. The second kappa shape index (κ2) is 6.48. The molecule has 1 aliphatic heterocycles. The van der Waals surface area contributed by atoms with Crippen LogP contribution in [0.25, 0.3) is 0 Å². The van der Waals surface area contributed by atoms with Crippen LogP contribution in [0.15, 0.2) is 0 Å². The Kier molecular flexibility index (Phi) is 5.25. The molecule has 92 valence electrons. The van der Waals surface area contributed by atoms with Gasteiger partial charge in [0.2, 0.25) is 5.91 Å². The molecule has 1 rings (SSSR count). The van der Waals surface area contributed by atoms with Crippen LogP contribution < -0.4 is 10.6 Å². The van der Waals surface area contributed by atoms with Crippen molar-refractivity contribution in [1.82, 2.24) is 10.6 Å². The fraction of sp³-hybridized carbons (Fsp3) is 0.818. The quantitative estimate of drug-likeness (QED) is 0.628. The summed E-state index contributed by atoms with van der Waals surface area (Å²) >= 11 is 0. The normalized spacial score (nSPS) is 22.4. The van der Waals surface area contributed by atoms with Crippen LogP contribution in [0.4, 0.5) is 0 Å². The monoisotopic (exact) mass is 228 g/mol. The van der Waals surface area contributed by atoms with Gasteiger partial charge in [-0.05, 0) is 25.8 Å². The lowest BCUT2D eigenvalue weighted by atomic mass is 9.98. The number of carbonyl (C=O) groups excluding carboxylic acids is 1. The Bertz CT molecular complexity index is 250. The van der Waals surface area contributed by atoms with Crippen molar-refractivity contribution in [2.75, 3.05) is 19.6 Å². The SMILES string of the molecule is CC(CCNC(=O)[C@@H]1CCCNC1)C(=O)O. The molecular formula is C11H20N2O3. The number of hydrogen-bond acceptors (Lipinski definition) is 3. The molecule has 1 fully saturated rings. The van der Waals surface area contributed by atoms with E-state index in [9.17, 15) is 9.59 Å². The van der Waals surface area contributed by atoms with E-state index in [1.165, 1.54) is 0 Å². The fourth-order valence-electron chi connectivity index (χ4n) is 1.76. The fourth-order valence-corrected chi connectivity index (χ4v) is 1.76. The van der Waals surface area contributed by atoms with Gasteiger partial charge in [0, 0.05) is 13.1 Å². The van der Waals surface area contributed by atoms with Crippen molar-refractivity contribution in [2.24, 2.45) is 11.8 Å². The van der Waals surface area contributed by atoms with E-state index in [0.29, 0.717) is 13.0 Å². The summed E-state index contributed by atoms with van der Waals surface area (Å²) in [5, 5.41) is 14.6. The van der Waals surface area contributed by atoms with Crippen LogP contribution in [0.1, 0.15) is 26.2 Å². The van der Waals surface area contributed by atoms with Crippen LogP contribution in [0, 0.1) is 11.8 Å². The van der Waals surface area contributed by atoms with Gasteiger partial charge in [0.05, 0.1) is 11.8 Å². The first kappa shape index (κ1) is 13.0. The number of carbonyl (C=O) groups is 2. The van der Waals surface area contributed by atoms with Crippen LogP contribution in [0.3, 0.4) is 0 Å². The first-order chi connectivity index (χ1) is 7.61. The predicted molar refractivity (Wildman–Crippen MR) is 60.0 cm³/mol. The highest BCUT2D eigenvalue weighted by Gasteiger charge is 2.20. The molecule has 1 unspecified atom stereocenters. The number of aliphatic carboxylic acids is 1. The summed E-state index contributed by atoms with van der Waals surface area (Å²) in [5.74, 6) is -1.11. The van der Waals surface area contributed by atoms with Gasteiger partial charge in [-0.15, -0.1) is 0 Å². The number of hydrogen-bond donors (Lipinski definition) is 3. The molecule has 1 saturated heterocycles. The van der Waals surface area contributed by atoms with Crippen LogP contribution in [-0.4, -0.2) is 36.6 Å². The highest BCUT2D eigenvalue weighted by atomic mass is 16.4. The van der Waals surface area contributed by atoms with E-state index < -0.39 is 11.9 Å². The van der Waals surface area contributed by atoms with Gasteiger partial charge in [0.25, 0.3) is 0 Å². The molecule has 1 heterocycles. The molecular weight excluding hydrogens is 208 g/mol. The molecule has 1 amide bonds. The van der Waals surface area contributed by atoms with Gasteiger partial charge in [0.1, 0.15) is 0 Å². The molecule has 0 saturated carbocycles. The highest BCUT2D eigenvalue weighted by molar-refractivity contribution is 5.79. The third-order valence-corrected chi connectivity index (χ3v) is 2.97. The van der Waals surface area contributed by atoms with Crippen molar-refractivity contribution in [1.29, 1.82) is 0 Å². The molecule has 0 aromatic heterocycles. The van der Waals surface area contributed by atoms with Gasteiger partial charge < -0.3 is 15.7 Å². The zero-order valence-electron chi connectivity index (χ0n) is 9.66. The molecule has 0 spiro atoms. The summed E-state index contributed by atoms with van der Waals surface area (Å²) in [6.07, 6.45) is 2.44. The predicted octanol–water partition coefficient (Wildman–Crippen LogP) is 0.213. The molecule has 5 nitrogen and oxygen atoms in total. The summed E-state index contributed by atoms with van der Waals surface area (Å²) in [4.78, 5) is 22.2. The number of carboxylic acids is 1. The summed E-state index contributed by atoms with van der Waals surface area (Å²) in [6.45, 7) is 3.82. The number of nitrogens with one attached hydrogen (secondary N) is 2. The van der Waals surface area contributed by atoms with E-state index in [1.54, 1.807) is 6.92 Å². The number of amides is 1. The van der Waals surface area contributed by atoms with E-state index in [-0.39, 0.29) is 11.8 Å². The molecule has 5 heteroatoms. The van der Waals surface area contributed by atoms with Crippen LogP contribution in [0.5, 0.6) is 0 Å². The van der Waals surface area contributed by atoms with Crippen molar-refractivity contribution in [2.45, 2.75) is 26.2 Å². The molecule has 0 aromatic rings. The van der Waals surface area contributed by atoms with Crippen molar-refractivity contribution in [3.8, 4) is 0 Å².